The molecule has 0 atom stereocenters. The minimum Gasteiger partial charge on any atom is -0.455 e. The fourth-order valence-corrected chi connectivity index (χ4v) is 2.49. The number of hydrogen-bond donors (Lipinski definition) is 1. The van der Waals surface area contributed by atoms with Crippen LogP contribution >= 0.6 is 0 Å². The molecule has 7 nitrogen and oxygen atoms in total. The van der Waals surface area contributed by atoms with Crippen molar-refractivity contribution in [3.05, 3.63) is 17.6 Å². The predicted octanol–water partition coefficient (Wildman–Crippen LogP) is 0.732. The molecule has 0 saturated carbocycles. The zero-order valence-electron chi connectivity index (χ0n) is 12.0. The van der Waals surface area contributed by atoms with Gasteiger partial charge in [-0.3, -0.25) is 4.79 Å². The van der Waals surface area contributed by atoms with E-state index >= 15 is 0 Å². The van der Waals surface area contributed by atoms with Gasteiger partial charge < -0.3 is 14.1 Å². The van der Waals surface area contributed by atoms with Crippen LogP contribution in [0.15, 0.2) is 15.4 Å². The van der Waals surface area contributed by atoms with Gasteiger partial charge in [0.15, 0.2) is 5.76 Å². The number of nitrogens with zero attached hydrogens (tertiary/aromatic N) is 1. The van der Waals surface area contributed by atoms with E-state index in [1.165, 1.54) is 11.8 Å². The molecule has 8 heteroatoms. The quantitative estimate of drug-likeness (QED) is 0.834. The van der Waals surface area contributed by atoms with Crippen LogP contribution in [0.4, 0.5) is 0 Å². The first-order valence-corrected chi connectivity index (χ1v) is 7.66. The van der Waals surface area contributed by atoms with Gasteiger partial charge in [0.1, 0.15) is 10.7 Å². The summed E-state index contributed by atoms with van der Waals surface area (Å²) >= 11 is 0. The Morgan fingerprint density at radius 1 is 1.50 bits per heavy atom. The minimum atomic E-state index is -3.90. The molecule has 20 heavy (non-hydrogen) atoms. The molecule has 2 N–H and O–H groups in total. The molecule has 0 spiro atoms. The average Bonchev–Trinajstić information content (AvgIpc) is 2.71. The van der Waals surface area contributed by atoms with Crippen molar-refractivity contribution in [3.8, 4) is 0 Å². The summed E-state index contributed by atoms with van der Waals surface area (Å²) in [6, 6.07) is 1.09. The molecule has 0 radical (unpaired) electrons. The van der Waals surface area contributed by atoms with Crippen molar-refractivity contribution in [1.29, 1.82) is 0 Å². The number of ether oxygens (including phenoxy) is 1. The van der Waals surface area contributed by atoms with Gasteiger partial charge in [-0.05, 0) is 20.8 Å². The van der Waals surface area contributed by atoms with Gasteiger partial charge >= 0.3 is 0 Å². The van der Waals surface area contributed by atoms with Crippen LogP contribution in [0.3, 0.4) is 0 Å². The molecule has 1 aromatic rings. The Kier molecular flexibility index (Phi) is 5.32. The number of hydrogen-bond acceptors (Lipinski definition) is 5. The molecule has 1 heterocycles. The molecule has 0 unspecified atom stereocenters. The lowest BCUT2D eigenvalue weighted by Crippen LogP contribution is -2.39. The molecule has 0 fully saturated rings. The Bertz CT molecular complexity index is 577. The van der Waals surface area contributed by atoms with E-state index in [1.54, 1.807) is 7.11 Å². The average molecular weight is 304 g/mol. The van der Waals surface area contributed by atoms with Crippen molar-refractivity contribution in [2.45, 2.75) is 31.7 Å². The second-order valence-electron chi connectivity index (χ2n) is 4.66. The zero-order valence-corrected chi connectivity index (χ0v) is 12.9. The van der Waals surface area contributed by atoms with E-state index in [-0.39, 0.29) is 22.5 Å². The number of rotatable bonds is 6. The second kappa shape index (κ2) is 6.38. The van der Waals surface area contributed by atoms with Gasteiger partial charge in [0.05, 0.1) is 6.61 Å². The lowest BCUT2D eigenvalue weighted by Gasteiger charge is -2.25. The van der Waals surface area contributed by atoms with Gasteiger partial charge in [-0.25, -0.2) is 13.6 Å². The number of methoxy groups -OCH3 is 1. The van der Waals surface area contributed by atoms with Crippen LogP contribution in [-0.2, 0) is 14.8 Å². The molecule has 0 saturated heterocycles. The van der Waals surface area contributed by atoms with Crippen LogP contribution in [0.1, 0.15) is 30.2 Å². The number of nitrogens with two attached hydrogens (primary N) is 1. The van der Waals surface area contributed by atoms with Gasteiger partial charge in [0.2, 0.25) is 10.0 Å². The summed E-state index contributed by atoms with van der Waals surface area (Å²) in [7, 11) is -2.36. The number of furan rings is 1. The molecule has 0 bridgehead atoms. The maximum Gasteiger partial charge on any atom is 0.289 e. The minimum absolute atomic E-state index is 0.0451. The van der Waals surface area contributed by atoms with Crippen LogP contribution in [0.5, 0.6) is 0 Å². The van der Waals surface area contributed by atoms with E-state index in [0.717, 1.165) is 6.07 Å². The van der Waals surface area contributed by atoms with Crippen molar-refractivity contribution >= 4 is 15.9 Å². The smallest absolute Gasteiger partial charge is 0.289 e. The van der Waals surface area contributed by atoms with Gasteiger partial charge in [-0.15, -0.1) is 0 Å². The highest BCUT2D eigenvalue weighted by atomic mass is 32.2. The van der Waals surface area contributed by atoms with Crippen LogP contribution in [0.25, 0.3) is 0 Å². The fraction of sp³-hybridized carbons (Fsp3) is 0.583. The topological polar surface area (TPSA) is 103 Å². The van der Waals surface area contributed by atoms with E-state index in [2.05, 4.69) is 0 Å². The summed E-state index contributed by atoms with van der Waals surface area (Å²) in [5.41, 5.74) is 0. The lowest BCUT2D eigenvalue weighted by molar-refractivity contribution is 0.0602. The van der Waals surface area contributed by atoms with Crippen LogP contribution in [-0.4, -0.2) is 45.5 Å². The third kappa shape index (κ3) is 3.81. The van der Waals surface area contributed by atoms with Crippen LogP contribution in [0.2, 0.25) is 0 Å². The Balaban J connectivity index is 3.07. The fourth-order valence-electron chi connectivity index (χ4n) is 1.78. The standard InChI is InChI=1S/C12H20N2O5S/c1-8(2)14(5-6-18-4)12(15)10-7-11(9(3)19-10)20(13,16)17/h7-8H,5-6H2,1-4H3,(H2,13,16,17). The molecule has 1 amide bonds. The predicted molar refractivity (Wildman–Crippen MR) is 72.9 cm³/mol. The van der Waals surface area contributed by atoms with Gasteiger partial charge in [-0.2, -0.15) is 0 Å². The maximum atomic E-state index is 12.3. The van der Waals surface area contributed by atoms with Crippen molar-refractivity contribution in [1.82, 2.24) is 4.90 Å². The first-order chi connectivity index (χ1) is 9.18. The van der Waals surface area contributed by atoms with E-state index in [0.29, 0.717) is 13.2 Å². The van der Waals surface area contributed by atoms with Gasteiger partial charge in [0.25, 0.3) is 5.91 Å². The normalized spacial score (nSPS) is 11.9. The van der Waals surface area contributed by atoms with Gasteiger partial charge in [0, 0.05) is 25.8 Å². The molecule has 1 rings (SSSR count). The maximum absolute atomic E-state index is 12.3. The molecule has 0 aliphatic rings. The van der Waals surface area contributed by atoms with E-state index in [1.807, 2.05) is 13.8 Å². The summed E-state index contributed by atoms with van der Waals surface area (Å²) in [5, 5.41) is 5.05. The number of amides is 1. The Morgan fingerprint density at radius 2 is 2.10 bits per heavy atom. The SMILES string of the molecule is COCCN(C(=O)c1cc(S(N)(=O)=O)c(C)o1)C(C)C. The number of sulfonamides is 1. The van der Waals surface area contributed by atoms with Crippen molar-refractivity contribution in [2.75, 3.05) is 20.3 Å². The molecule has 0 aliphatic heterocycles. The molecule has 114 valence electrons. The molecular formula is C12H20N2O5S. The molecular weight excluding hydrogens is 284 g/mol. The Morgan fingerprint density at radius 3 is 2.50 bits per heavy atom. The first-order valence-electron chi connectivity index (χ1n) is 6.11. The zero-order chi connectivity index (χ0) is 15.5. The molecule has 0 aliphatic carbocycles. The highest BCUT2D eigenvalue weighted by molar-refractivity contribution is 7.89. The van der Waals surface area contributed by atoms with Crippen molar-refractivity contribution in [3.63, 3.8) is 0 Å². The van der Waals surface area contributed by atoms with E-state index in [4.69, 9.17) is 14.3 Å². The van der Waals surface area contributed by atoms with Crippen LogP contribution < -0.4 is 5.14 Å². The van der Waals surface area contributed by atoms with Crippen molar-refractivity contribution < 1.29 is 22.4 Å². The van der Waals surface area contributed by atoms with E-state index < -0.39 is 15.9 Å². The van der Waals surface area contributed by atoms with E-state index in [9.17, 15) is 13.2 Å². The van der Waals surface area contributed by atoms with Gasteiger partial charge in [-0.1, -0.05) is 0 Å². The summed E-state index contributed by atoms with van der Waals surface area (Å²) in [6.45, 7) is 5.92. The largest absolute Gasteiger partial charge is 0.455 e. The Labute approximate surface area is 118 Å². The summed E-state index contributed by atoms with van der Waals surface area (Å²) in [6.07, 6.45) is 0. The summed E-state index contributed by atoms with van der Waals surface area (Å²) < 4.78 is 32.9. The third-order valence-electron chi connectivity index (χ3n) is 2.81. The molecule has 1 aromatic heterocycles. The number of aryl methyl sites for hydroxylation is 1. The number of carbonyl (C=O) groups excluding carboxylic acids is 1. The van der Waals surface area contributed by atoms with Crippen molar-refractivity contribution in [2.24, 2.45) is 5.14 Å². The second-order valence-corrected chi connectivity index (χ2v) is 6.19. The highest BCUT2D eigenvalue weighted by Crippen LogP contribution is 2.20. The number of primary sulfonamides is 1. The highest BCUT2D eigenvalue weighted by Gasteiger charge is 2.25. The number of carbonyl (C=O) groups is 1. The summed E-state index contributed by atoms with van der Waals surface area (Å²) in [4.78, 5) is 13.7. The monoisotopic (exact) mass is 304 g/mol. The Hall–Kier alpha value is -1.38. The molecule has 0 aromatic carbocycles. The first kappa shape index (κ1) is 16.7. The third-order valence-corrected chi connectivity index (χ3v) is 3.83. The lowest BCUT2D eigenvalue weighted by atomic mass is 10.3. The van der Waals surface area contributed by atoms with Crippen LogP contribution in [0, 0.1) is 6.92 Å². The summed E-state index contributed by atoms with van der Waals surface area (Å²) in [5.74, 6) is -0.335.